The Morgan fingerprint density at radius 2 is 1.84 bits per heavy atom. The quantitative estimate of drug-likeness (QED) is 0.774. The maximum atomic E-state index is 12.0. The molecule has 0 aliphatic heterocycles. The fraction of sp³-hybridized carbons (Fsp3) is 0.562. The molecule has 0 aromatic heterocycles. The van der Waals surface area contributed by atoms with Crippen molar-refractivity contribution in [2.75, 3.05) is 13.1 Å². The Kier molecular flexibility index (Phi) is 6.03. The molecule has 19 heavy (non-hydrogen) atoms. The van der Waals surface area contributed by atoms with Gasteiger partial charge in [0.25, 0.3) is 0 Å². The van der Waals surface area contributed by atoms with Crippen molar-refractivity contribution >= 4 is 5.91 Å². The average Bonchev–Trinajstić information content (AvgIpc) is 2.36. The maximum Gasteiger partial charge on any atom is 0.234 e. The monoisotopic (exact) mass is 262 g/mol. The Morgan fingerprint density at radius 3 is 2.37 bits per heavy atom. The van der Waals surface area contributed by atoms with Gasteiger partial charge in [0.15, 0.2) is 0 Å². The van der Waals surface area contributed by atoms with E-state index in [0.29, 0.717) is 6.54 Å². The van der Waals surface area contributed by atoms with Gasteiger partial charge in [0, 0.05) is 0 Å². The van der Waals surface area contributed by atoms with Crippen molar-refractivity contribution in [1.29, 1.82) is 0 Å². The number of nitrogens with one attached hydrogen (secondary N) is 2. The molecule has 2 N–H and O–H groups in total. The molecule has 1 unspecified atom stereocenters. The van der Waals surface area contributed by atoms with Gasteiger partial charge in [0.2, 0.25) is 5.91 Å². The minimum atomic E-state index is -0.0121. The van der Waals surface area contributed by atoms with Crippen molar-refractivity contribution in [2.24, 2.45) is 5.41 Å². The molecular weight excluding hydrogens is 236 g/mol. The molecule has 1 aromatic carbocycles. The number of amides is 1. The lowest BCUT2D eigenvalue weighted by molar-refractivity contribution is -0.121. The van der Waals surface area contributed by atoms with E-state index < -0.39 is 0 Å². The van der Waals surface area contributed by atoms with Gasteiger partial charge in [-0.2, -0.15) is 0 Å². The predicted molar refractivity (Wildman–Crippen MR) is 79.9 cm³/mol. The molecule has 3 nitrogen and oxygen atoms in total. The van der Waals surface area contributed by atoms with Crippen LogP contribution in [-0.4, -0.2) is 19.0 Å². The zero-order valence-corrected chi connectivity index (χ0v) is 12.5. The molecule has 0 bridgehead atoms. The first kappa shape index (κ1) is 15.7. The van der Waals surface area contributed by atoms with Crippen LogP contribution in [0.2, 0.25) is 0 Å². The summed E-state index contributed by atoms with van der Waals surface area (Å²) in [6.07, 6.45) is 1.04. The lowest BCUT2D eigenvalue weighted by Crippen LogP contribution is -2.41. The van der Waals surface area contributed by atoms with Crippen LogP contribution >= 0.6 is 0 Å². The van der Waals surface area contributed by atoms with E-state index in [1.807, 2.05) is 18.2 Å². The Balaban J connectivity index is 2.69. The molecule has 0 aliphatic rings. The van der Waals surface area contributed by atoms with Crippen LogP contribution < -0.4 is 10.6 Å². The zero-order chi connectivity index (χ0) is 14.3. The summed E-state index contributed by atoms with van der Waals surface area (Å²) >= 11 is 0. The highest BCUT2D eigenvalue weighted by atomic mass is 16.2. The van der Waals surface area contributed by atoms with Gasteiger partial charge in [0.05, 0.1) is 12.6 Å². The highest BCUT2D eigenvalue weighted by Crippen LogP contribution is 2.32. The Hall–Kier alpha value is -1.35. The van der Waals surface area contributed by atoms with Crippen LogP contribution in [0.25, 0.3) is 0 Å². The molecule has 0 radical (unpaired) electrons. The minimum absolute atomic E-state index is 0.0121. The molecule has 1 amide bonds. The van der Waals surface area contributed by atoms with Crippen LogP contribution in [0.4, 0.5) is 0 Å². The molecule has 106 valence electrons. The van der Waals surface area contributed by atoms with E-state index >= 15 is 0 Å². The highest BCUT2D eigenvalue weighted by molar-refractivity contribution is 5.78. The van der Waals surface area contributed by atoms with Gasteiger partial charge in [-0.1, -0.05) is 58.0 Å². The van der Waals surface area contributed by atoms with E-state index in [1.165, 1.54) is 0 Å². The van der Waals surface area contributed by atoms with E-state index in [9.17, 15) is 4.79 Å². The third-order valence-corrected chi connectivity index (χ3v) is 3.02. The normalized spacial score (nSPS) is 13.1. The van der Waals surface area contributed by atoms with Crippen LogP contribution in [0.5, 0.6) is 0 Å². The zero-order valence-electron chi connectivity index (χ0n) is 12.5. The second-order valence-electron chi connectivity index (χ2n) is 5.95. The number of benzene rings is 1. The SMILES string of the molecule is CCCNCC(=O)NC(c1ccccc1)C(C)(C)C. The first-order chi connectivity index (χ1) is 8.95. The number of hydrogen-bond donors (Lipinski definition) is 2. The van der Waals surface area contributed by atoms with Crippen molar-refractivity contribution in [3.8, 4) is 0 Å². The summed E-state index contributed by atoms with van der Waals surface area (Å²) < 4.78 is 0. The molecule has 0 heterocycles. The first-order valence-corrected chi connectivity index (χ1v) is 7.00. The predicted octanol–water partition coefficient (Wildman–Crippen LogP) is 2.89. The summed E-state index contributed by atoms with van der Waals surface area (Å²) in [5.41, 5.74) is 1.14. The first-order valence-electron chi connectivity index (χ1n) is 7.00. The summed E-state index contributed by atoms with van der Waals surface area (Å²) in [5.74, 6) is 0.0530. The third kappa shape index (κ3) is 5.43. The number of carbonyl (C=O) groups is 1. The van der Waals surface area contributed by atoms with E-state index in [2.05, 4.69) is 50.5 Å². The van der Waals surface area contributed by atoms with Crippen molar-refractivity contribution in [1.82, 2.24) is 10.6 Å². The molecule has 0 fully saturated rings. The summed E-state index contributed by atoms with van der Waals surface area (Å²) in [7, 11) is 0. The van der Waals surface area contributed by atoms with Crippen LogP contribution in [0.15, 0.2) is 30.3 Å². The van der Waals surface area contributed by atoms with Crippen LogP contribution in [0.3, 0.4) is 0 Å². The van der Waals surface area contributed by atoms with E-state index in [1.54, 1.807) is 0 Å². The molecule has 0 aliphatic carbocycles. The smallest absolute Gasteiger partial charge is 0.234 e. The second kappa shape index (κ2) is 7.29. The van der Waals surface area contributed by atoms with Gasteiger partial charge < -0.3 is 10.6 Å². The average molecular weight is 262 g/mol. The number of carbonyl (C=O) groups excluding carboxylic acids is 1. The lowest BCUT2D eigenvalue weighted by atomic mass is 9.82. The topological polar surface area (TPSA) is 41.1 Å². The highest BCUT2D eigenvalue weighted by Gasteiger charge is 2.27. The molecule has 1 rings (SSSR count). The second-order valence-corrected chi connectivity index (χ2v) is 5.95. The number of hydrogen-bond acceptors (Lipinski definition) is 2. The van der Waals surface area contributed by atoms with Crippen molar-refractivity contribution in [2.45, 2.75) is 40.2 Å². The minimum Gasteiger partial charge on any atom is -0.348 e. The van der Waals surface area contributed by atoms with Gasteiger partial charge in [-0.25, -0.2) is 0 Å². The van der Waals surface area contributed by atoms with Crippen molar-refractivity contribution in [3.63, 3.8) is 0 Å². The summed E-state index contributed by atoms with van der Waals surface area (Å²) in [5, 5.41) is 6.26. The van der Waals surface area contributed by atoms with Crippen molar-refractivity contribution in [3.05, 3.63) is 35.9 Å². The third-order valence-electron chi connectivity index (χ3n) is 3.02. The van der Waals surface area contributed by atoms with Crippen molar-refractivity contribution < 1.29 is 4.79 Å². The van der Waals surface area contributed by atoms with Crippen LogP contribution in [0.1, 0.15) is 45.7 Å². The fourth-order valence-corrected chi connectivity index (χ4v) is 2.04. The van der Waals surface area contributed by atoms with Gasteiger partial charge in [-0.3, -0.25) is 4.79 Å². The van der Waals surface area contributed by atoms with Gasteiger partial charge in [-0.15, -0.1) is 0 Å². The molecule has 1 atom stereocenters. The molecule has 1 aromatic rings. The molecular formula is C16H26N2O. The Labute approximate surface area is 116 Å². The van der Waals surface area contributed by atoms with Gasteiger partial charge >= 0.3 is 0 Å². The summed E-state index contributed by atoms with van der Waals surface area (Å²) in [6.45, 7) is 9.78. The van der Waals surface area contributed by atoms with E-state index in [4.69, 9.17) is 0 Å². The fourth-order valence-electron chi connectivity index (χ4n) is 2.04. The van der Waals surface area contributed by atoms with Gasteiger partial charge in [0.1, 0.15) is 0 Å². The lowest BCUT2D eigenvalue weighted by Gasteiger charge is -2.32. The largest absolute Gasteiger partial charge is 0.348 e. The molecule has 0 spiro atoms. The van der Waals surface area contributed by atoms with E-state index in [-0.39, 0.29) is 17.4 Å². The Morgan fingerprint density at radius 1 is 1.21 bits per heavy atom. The molecule has 0 saturated carbocycles. The number of rotatable bonds is 6. The summed E-state index contributed by atoms with van der Waals surface area (Å²) in [6, 6.07) is 10.2. The van der Waals surface area contributed by atoms with Crippen LogP contribution in [-0.2, 0) is 4.79 Å². The molecule has 3 heteroatoms. The maximum absolute atomic E-state index is 12.0. The standard InChI is InChI=1S/C16H26N2O/c1-5-11-17-12-14(19)18-15(16(2,3)4)13-9-7-6-8-10-13/h6-10,15,17H,5,11-12H2,1-4H3,(H,18,19). The van der Waals surface area contributed by atoms with Gasteiger partial charge in [-0.05, 0) is 23.9 Å². The van der Waals surface area contributed by atoms with E-state index in [0.717, 1.165) is 18.5 Å². The Bertz CT molecular complexity index is 381. The summed E-state index contributed by atoms with van der Waals surface area (Å²) in [4.78, 5) is 12.0. The molecule has 0 saturated heterocycles. The van der Waals surface area contributed by atoms with Crippen LogP contribution in [0, 0.1) is 5.41 Å².